The molecule has 2 atom stereocenters. The molecule has 2 heterocycles. The number of hydrogen-bond acceptors (Lipinski definition) is 3. The lowest BCUT2D eigenvalue weighted by Gasteiger charge is -2.32. The molecule has 0 N–H and O–H groups in total. The Hall–Kier alpha value is -0.410. The van der Waals surface area contributed by atoms with Gasteiger partial charge in [0.15, 0.2) is 0 Å². The first-order valence-corrected chi connectivity index (χ1v) is 7.87. The second-order valence-corrected chi connectivity index (χ2v) is 6.94. The van der Waals surface area contributed by atoms with Crippen LogP contribution >= 0.6 is 0 Å². The normalized spacial score (nSPS) is 32.2. The van der Waals surface area contributed by atoms with Gasteiger partial charge in [-0.3, -0.25) is 9.69 Å². The Morgan fingerprint density at radius 1 is 1.26 bits per heavy atom. The largest absolute Gasteiger partial charge is 0.371 e. The number of Topliss-reactive ketones (excluding diaryl/α,β-unsaturated/α-hetero) is 1. The molecule has 0 amide bonds. The van der Waals surface area contributed by atoms with Crippen molar-refractivity contribution >= 4 is 5.78 Å². The number of nitrogens with zero attached hydrogens (tertiary/aromatic N) is 1. The summed E-state index contributed by atoms with van der Waals surface area (Å²) in [4.78, 5) is 14.0. The Labute approximate surface area is 117 Å². The number of rotatable bonds is 4. The molecule has 110 valence electrons. The summed E-state index contributed by atoms with van der Waals surface area (Å²) in [5.41, 5.74) is 0.0482. The van der Waals surface area contributed by atoms with Gasteiger partial charge in [-0.05, 0) is 53.0 Å². The number of carbonyl (C=O) groups excluding carboxylic acids is 1. The van der Waals surface area contributed by atoms with E-state index < -0.39 is 0 Å². The van der Waals surface area contributed by atoms with Crippen LogP contribution in [-0.4, -0.2) is 41.5 Å². The predicted octanol–water partition coefficient (Wildman–Crippen LogP) is 3.17. The van der Waals surface area contributed by atoms with Gasteiger partial charge in [-0.15, -0.1) is 0 Å². The van der Waals surface area contributed by atoms with Crippen LogP contribution in [0, 0.1) is 0 Å². The molecule has 0 spiro atoms. The Morgan fingerprint density at radius 3 is 2.68 bits per heavy atom. The molecular formula is C16H29NO2. The van der Waals surface area contributed by atoms with Gasteiger partial charge in [-0.2, -0.15) is 0 Å². The van der Waals surface area contributed by atoms with E-state index >= 15 is 0 Å². The molecule has 0 aliphatic carbocycles. The Bertz CT molecular complexity index is 314. The number of ether oxygens (including phenoxy) is 1. The van der Waals surface area contributed by atoms with Crippen molar-refractivity contribution in [1.29, 1.82) is 0 Å². The summed E-state index contributed by atoms with van der Waals surface area (Å²) < 4.78 is 6.12. The maximum absolute atomic E-state index is 11.5. The first kappa shape index (κ1) is 15.0. The Balaban J connectivity index is 1.92. The van der Waals surface area contributed by atoms with Crippen molar-refractivity contribution in [2.24, 2.45) is 0 Å². The third-order valence-corrected chi connectivity index (χ3v) is 4.51. The smallest absolute Gasteiger partial charge is 0.131 e. The highest BCUT2D eigenvalue weighted by atomic mass is 16.5. The third-order valence-electron chi connectivity index (χ3n) is 4.51. The molecule has 0 saturated carbocycles. The molecule has 2 aliphatic rings. The highest BCUT2D eigenvalue weighted by Crippen LogP contribution is 2.31. The van der Waals surface area contributed by atoms with Crippen LogP contribution in [0.25, 0.3) is 0 Å². The number of likely N-dealkylation sites (tertiary alicyclic amines) is 1. The van der Waals surface area contributed by atoms with E-state index in [1.54, 1.807) is 6.92 Å². The van der Waals surface area contributed by atoms with Crippen LogP contribution in [0.15, 0.2) is 0 Å². The number of ketones is 1. The maximum atomic E-state index is 11.5. The molecular weight excluding hydrogens is 238 g/mol. The van der Waals surface area contributed by atoms with Crippen LogP contribution in [0.2, 0.25) is 0 Å². The van der Waals surface area contributed by atoms with Crippen molar-refractivity contribution in [1.82, 2.24) is 4.90 Å². The molecule has 0 aromatic heterocycles. The minimum absolute atomic E-state index is 0.0482. The van der Waals surface area contributed by atoms with Gasteiger partial charge in [0, 0.05) is 19.0 Å². The van der Waals surface area contributed by atoms with Gasteiger partial charge < -0.3 is 4.74 Å². The average Bonchev–Trinajstić information content (AvgIpc) is 2.51. The standard InChI is InChI=1S/C16H29NO2/c1-13(18)11-14-7-5-4-6-10-17(14)12-15-8-9-16(2,3)19-15/h14-15H,4-12H2,1-3H3. The quantitative estimate of drug-likeness (QED) is 0.783. The molecule has 0 aromatic rings. The average molecular weight is 267 g/mol. The van der Waals surface area contributed by atoms with Gasteiger partial charge in [0.2, 0.25) is 0 Å². The van der Waals surface area contributed by atoms with Gasteiger partial charge in [0.1, 0.15) is 5.78 Å². The lowest BCUT2D eigenvalue weighted by atomic mass is 10.0. The number of carbonyl (C=O) groups is 1. The molecule has 0 bridgehead atoms. The second-order valence-electron chi connectivity index (χ2n) is 6.94. The zero-order valence-electron chi connectivity index (χ0n) is 12.8. The molecule has 3 nitrogen and oxygen atoms in total. The molecule has 2 unspecified atom stereocenters. The topological polar surface area (TPSA) is 29.5 Å². The minimum Gasteiger partial charge on any atom is -0.371 e. The van der Waals surface area contributed by atoms with Crippen LogP contribution in [0.5, 0.6) is 0 Å². The summed E-state index contributed by atoms with van der Waals surface area (Å²) in [6.45, 7) is 8.24. The SMILES string of the molecule is CC(=O)CC1CCCCCN1CC1CCC(C)(C)O1. The molecule has 2 fully saturated rings. The van der Waals surface area contributed by atoms with Gasteiger partial charge in [0.25, 0.3) is 0 Å². The van der Waals surface area contributed by atoms with Crippen molar-refractivity contribution in [2.75, 3.05) is 13.1 Å². The summed E-state index contributed by atoms with van der Waals surface area (Å²) >= 11 is 0. The Kier molecular flexibility index (Phi) is 5.02. The lowest BCUT2D eigenvalue weighted by Crippen LogP contribution is -2.41. The maximum Gasteiger partial charge on any atom is 0.131 e. The van der Waals surface area contributed by atoms with Crippen molar-refractivity contribution < 1.29 is 9.53 Å². The van der Waals surface area contributed by atoms with Gasteiger partial charge in [-0.25, -0.2) is 0 Å². The third kappa shape index (κ3) is 4.57. The predicted molar refractivity (Wildman–Crippen MR) is 77.3 cm³/mol. The van der Waals surface area contributed by atoms with Gasteiger partial charge in [0.05, 0.1) is 11.7 Å². The highest BCUT2D eigenvalue weighted by Gasteiger charge is 2.34. The van der Waals surface area contributed by atoms with Crippen molar-refractivity contribution in [3.8, 4) is 0 Å². The van der Waals surface area contributed by atoms with E-state index in [2.05, 4.69) is 18.7 Å². The molecule has 2 saturated heterocycles. The van der Waals surface area contributed by atoms with Crippen molar-refractivity contribution in [3.63, 3.8) is 0 Å². The van der Waals surface area contributed by atoms with Crippen LogP contribution < -0.4 is 0 Å². The molecule has 19 heavy (non-hydrogen) atoms. The van der Waals surface area contributed by atoms with E-state index in [1.807, 2.05) is 0 Å². The second kappa shape index (κ2) is 6.36. The Morgan fingerprint density at radius 2 is 2.05 bits per heavy atom. The molecule has 0 aromatic carbocycles. The van der Waals surface area contributed by atoms with E-state index in [0.29, 0.717) is 17.9 Å². The first-order chi connectivity index (χ1) is 8.96. The van der Waals surface area contributed by atoms with Crippen LogP contribution in [0.4, 0.5) is 0 Å². The summed E-state index contributed by atoms with van der Waals surface area (Å²) in [5, 5.41) is 0. The zero-order chi connectivity index (χ0) is 13.9. The number of hydrogen-bond donors (Lipinski definition) is 0. The van der Waals surface area contributed by atoms with E-state index in [4.69, 9.17) is 4.74 Å². The van der Waals surface area contributed by atoms with E-state index in [0.717, 1.165) is 32.4 Å². The van der Waals surface area contributed by atoms with Gasteiger partial charge >= 0.3 is 0 Å². The lowest BCUT2D eigenvalue weighted by molar-refractivity contribution is -0.118. The van der Waals surface area contributed by atoms with Crippen molar-refractivity contribution in [3.05, 3.63) is 0 Å². The van der Waals surface area contributed by atoms with Gasteiger partial charge in [-0.1, -0.05) is 12.8 Å². The summed E-state index contributed by atoms with van der Waals surface area (Å²) in [5.74, 6) is 0.324. The van der Waals surface area contributed by atoms with E-state index in [1.165, 1.54) is 25.7 Å². The monoisotopic (exact) mass is 267 g/mol. The minimum atomic E-state index is 0.0482. The van der Waals surface area contributed by atoms with Crippen molar-refractivity contribution in [2.45, 2.75) is 83.5 Å². The fourth-order valence-corrected chi connectivity index (χ4v) is 3.51. The van der Waals surface area contributed by atoms with E-state index in [-0.39, 0.29) is 5.60 Å². The summed E-state index contributed by atoms with van der Waals surface area (Å²) in [7, 11) is 0. The summed E-state index contributed by atoms with van der Waals surface area (Å²) in [6.07, 6.45) is 8.42. The molecule has 2 rings (SSSR count). The summed E-state index contributed by atoms with van der Waals surface area (Å²) in [6, 6.07) is 0.451. The first-order valence-electron chi connectivity index (χ1n) is 7.87. The highest BCUT2D eigenvalue weighted by molar-refractivity contribution is 5.76. The van der Waals surface area contributed by atoms with E-state index in [9.17, 15) is 4.79 Å². The zero-order valence-corrected chi connectivity index (χ0v) is 12.8. The fraction of sp³-hybridized carbons (Fsp3) is 0.938. The van der Waals surface area contributed by atoms with Crippen LogP contribution in [-0.2, 0) is 9.53 Å². The molecule has 3 heteroatoms. The molecule has 2 aliphatic heterocycles. The molecule has 0 radical (unpaired) electrons. The van der Waals surface area contributed by atoms with Crippen LogP contribution in [0.3, 0.4) is 0 Å². The van der Waals surface area contributed by atoms with Crippen LogP contribution in [0.1, 0.15) is 65.7 Å². The fourth-order valence-electron chi connectivity index (χ4n) is 3.51.